The third-order valence-electron chi connectivity index (χ3n) is 9.48. The molecule has 0 fully saturated rings. The lowest BCUT2D eigenvalue weighted by Gasteiger charge is -2.20. The van der Waals surface area contributed by atoms with Gasteiger partial charge in [-0.2, -0.15) is 0 Å². The second-order valence-electron chi connectivity index (χ2n) is 12.3. The van der Waals surface area contributed by atoms with E-state index < -0.39 is 7.14 Å². The van der Waals surface area contributed by atoms with Crippen LogP contribution in [0, 0.1) is 0 Å². The van der Waals surface area contributed by atoms with Crippen LogP contribution in [0.15, 0.2) is 182 Å². The van der Waals surface area contributed by atoms with Crippen molar-refractivity contribution < 1.29 is 4.57 Å². The second-order valence-corrected chi connectivity index (χ2v) is 15.1. The van der Waals surface area contributed by atoms with Gasteiger partial charge in [0.2, 0.25) is 0 Å². The van der Waals surface area contributed by atoms with Gasteiger partial charge in [0, 0.05) is 32.1 Å². The van der Waals surface area contributed by atoms with Crippen molar-refractivity contribution in [3.05, 3.63) is 182 Å². The summed E-state index contributed by atoms with van der Waals surface area (Å²) in [6, 6.07) is 62.8. The number of nitrogens with zero attached hydrogens (tertiary/aromatic N) is 1. The van der Waals surface area contributed by atoms with Crippen LogP contribution in [0.4, 0.5) is 0 Å². The third kappa shape index (κ3) is 4.73. The molecule has 0 radical (unpaired) electrons. The minimum absolute atomic E-state index is 0.833. The van der Waals surface area contributed by atoms with Crippen molar-refractivity contribution in [1.82, 2.24) is 4.98 Å². The fourth-order valence-corrected chi connectivity index (χ4v) is 9.68. The van der Waals surface area contributed by atoms with E-state index in [-0.39, 0.29) is 0 Å². The summed E-state index contributed by atoms with van der Waals surface area (Å²) in [5.41, 5.74) is 6.66. The van der Waals surface area contributed by atoms with Gasteiger partial charge >= 0.3 is 0 Å². The van der Waals surface area contributed by atoms with E-state index in [1.807, 2.05) is 78.9 Å². The predicted octanol–water partition coefficient (Wildman–Crippen LogP) is 10.7. The van der Waals surface area contributed by atoms with Gasteiger partial charge in [0.05, 0.1) is 11.0 Å². The third-order valence-corrected chi connectivity index (χ3v) is 12.6. The Morgan fingerprint density at radius 2 is 0.917 bits per heavy atom. The van der Waals surface area contributed by atoms with Crippen LogP contribution < -0.4 is 15.9 Å². The first kappa shape index (κ1) is 28.4. The number of pyridine rings is 1. The Kier molecular flexibility index (Phi) is 6.78. The van der Waals surface area contributed by atoms with Crippen LogP contribution in [0.5, 0.6) is 0 Å². The molecule has 1 aromatic heterocycles. The molecule has 8 aromatic carbocycles. The lowest BCUT2D eigenvalue weighted by atomic mass is 9.93. The molecule has 0 unspecified atom stereocenters. The number of aromatic nitrogens is 1. The Bertz CT molecular complexity index is 2640. The second kappa shape index (κ2) is 11.5. The Hall–Kier alpha value is -5.82. The van der Waals surface area contributed by atoms with Crippen LogP contribution in [-0.4, -0.2) is 4.98 Å². The molecule has 1 heterocycles. The van der Waals surface area contributed by atoms with Crippen LogP contribution in [-0.2, 0) is 4.57 Å². The minimum atomic E-state index is -3.01. The molecule has 0 atom stereocenters. The summed E-state index contributed by atoms with van der Waals surface area (Å²) in [6.07, 6.45) is 0. The van der Waals surface area contributed by atoms with E-state index in [1.54, 1.807) is 0 Å². The maximum absolute atomic E-state index is 14.8. The fraction of sp³-hybridized carbons (Fsp3) is 0. The van der Waals surface area contributed by atoms with E-state index in [0.717, 1.165) is 48.8 Å². The molecule has 0 saturated heterocycles. The zero-order valence-corrected chi connectivity index (χ0v) is 27.0. The Balaban J connectivity index is 1.10. The van der Waals surface area contributed by atoms with Gasteiger partial charge in [0.15, 0.2) is 7.14 Å². The van der Waals surface area contributed by atoms with Crippen molar-refractivity contribution in [2.24, 2.45) is 0 Å². The van der Waals surface area contributed by atoms with Gasteiger partial charge in [-0.3, -0.25) is 0 Å². The van der Waals surface area contributed by atoms with E-state index in [9.17, 15) is 4.57 Å². The number of benzene rings is 8. The van der Waals surface area contributed by atoms with Crippen molar-refractivity contribution in [3.8, 4) is 22.3 Å². The zero-order chi connectivity index (χ0) is 32.1. The first-order chi connectivity index (χ1) is 23.6. The Morgan fingerprint density at radius 1 is 0.375 bits per heavy atom. The van der Waals surface area contributed by atoms with Gasteiger partial charge in [-0.05, 0) is 68.7 Å². The number of hydrogen-bond donors (Lipinski definition) is 0. The largest absolute Gasteiger partial charge is 0.309 e. The quantitative estimate of drug-likeness (QED) is 0.107. The minimum Gasteiger partial charge on any atom is -0.309 e. The summed E-state index contributed by atoms with van der Waals surface area (Å²) in [4.78, 5) is 5.06. The molecular formula is C45H30NOP. The number of hydrogen-bond acceptors (Lipinski definition) is 2. The van der Waals surface area contributed by atoms with Crippen molar-refractivity contribution in [2.75, 3.05) is 0 Å². The summed E-state index contributed by atoms with van der Waals surface area (Å²) >= 11 is 0. The molecular weight excluding hydrogens is 601 g/mol. The Morgan fingerprint density at radius 3 is 1.62 bits per heavy atom. The van der Waals surface area contributed by atoms with E-state index >= 15 is 0 Å². The molecule has 48 heavy (non-hydrogen) atoms. The summed E-state index contributed by atoms with van der Waals surface area (Å²) < 4.78 is 14.8. The highest BCUT2D eigenvalue weighted by Crippen LogP contribution is 2.43. The molecule has 9 rings (SSSR count). The predicted molar refractivity (Wildman–Crippen MR) is 205 cm³/mol. The average Bonchev–Trinajstić information content (AvgIpc) is 3.17. The van der Waals surface area contributed by atoms with Crippen LogP contribution in [0.3, 0.4) is 0 Å². The number of para-hydroxylation sites is 1. The fourth-order valence-electron chi connectivity index (χ4n) is 7.03. The topological polar surface area (TPSA) is 30.0 Å². The maximum Gasteiger partial charge on any atom is 0.171 e. The number of fused-ring (bicyclic) bond motifs is 5. The van der Waals surface area contributed by atoms with Crippen LogP contribution in [0.25, 0.3) is 65.6 Å². The molecule has 0 bridgehead atoms. The molecule has 0 aliphatic rings. The SMILES string of the molecule is O=P(c1ccccc1)(c1ccccc1)c1ccc(-c2ccc3cc(-c4cc5cc6ccccc6nc5c5ccccc45)ccc3c2)cc1. The first-order valence-corrected chi connectivity index (χ1v) is 17.9. The highest BCUT2D eigenvalue weighted by molar-refractivity contribution is 7.85. The van der Waals surface area contributed by atoms with Crippen LogP contribution >= 0.6 is 7.14 Å². The first-order valence-electron chi connectivity index (χ1n) is 16.2. The molecule has 3 heteroatoms. The van der Waals surface area contributed by atoms with Crippen molar-refractivity contribution in [1.29, 1.82) is 0 Å². The standard InChI is InChI=1S/C45H30NOP/c47-48(38-12-3-1-4-13-38,39-14-5-2-6-15-39)40-25-23-31(24-26-40)32-19-20-34-28-35(22-21-33(34)27-32)43-30-37-29-36-11-7-10-18-44(36)46-45(37)42-17-9-8-16-41(42)43/h1-30H. The van der Waals surface area contributed by atoms with Gasteiger partial charge in [-0.25, -0.2) is 4.98 Å². The lowest BCUT2D eigenvalue weighted by Crippen LogP contribution is -2.24. The molecule has 0 aliphatic heterocycles. The van der Waals surface area contributed by atoms with Crippen LogP contribution in [0.2, 0.25) is 0 Å². The highest BCUT2D eigenvalue weighted by Gasteiger charge is 2.29. The summed E-state index contributed by atoms with van der Waals surface area (Å²) in [7, 11) is -3.01. The van der Waals surface area contributed by atoms with E-state index in [0.29, 0.717) is 0 Å². The smallest absolute Gasteiger partial charge is 0.171 e. The van der Waals surface area contributed by atoms with E-state index in [4.69, 9.17) is 4.98 Å². The normalized spacial score (nSPS) is 11.8. The van der Waals surface area contributed by atoms with Gasteiger partial charge < -0.3 is 4.57 Å². The summed E-state index contributed by atoms with van der Waals surface area (Å²) in [5, 5.41) is 9.54. The van der Waals surface area contributed by atoms with Crippen molar-refractivity contribution >= 4 is 66.4 Å². The van der Waals surface area contributed by atoms with Crippen molar-refractivity contribution in [2.45, 2.75) is 0 Å². The van der Waals surface area contributed by atoms with E-state index in [2.05, 4.69) is 103 Å². The van der Waals surface area contributed by atoms with E-state index in [1.165, 1.54) is 32.7 Å². The Labute approximate surface area is 279 Å². The van der Waals surface area contributed by atoms with Crippen molar-refractivity contribution in [3.63, 3.8) is 0 Å². The molecule has 226 valence electrons. The summed E-state index contributed by atoms with van der Waals surface area (Å²) in [5.74, 6) is 0. The van der Waals surface area contributed by atoms with Gasteiger partial charge in [0.1, 0.15) is 0 Å². The summed E-state index contributed by atoms with van der Waals surface area (Å²) in [6.45, 7) is 0. The molecule has 0 amide bonds. The zero-order valence-electron chi connectivity index (χ0n) is 26.1. The maximum atomic E-state index is 14.8. The molecule has 0 saturated carbocycles. The number of rotatable bonds is 5. The van der Waals surface area contributed by atoms with Crippen LogP contribution in [0.1, 0.15) is 0 Å². The molecule has 2 nitrogen and oxygen atoms in total. The molecule has 0 spiro atoms. The van der Waals surface area contributed by atoms with Gasteiger partial charge in [-0.1, -0.05) is 152 Å². The van der Waals surface area contributed by atoms with Gasteiger partial charge in [-0.15, -0.1) is 0 Å². The molecule has 0 N–H and O–H groups in total. The lowest BCUT2D eigenvalue weighted by molar-refractivity contribution is 0.592. The molecule has 9 aromatic rings. The molecule has 0 aliphatic carbocycles. The average molecular weight is 632 g/mol. The monoisotopic (exact) mass is 631 g/mol. The van der Waals surface area contributed by atoms with Gasteiger partial charge in [0.25, 0.3) is 0 Å². The highest BCUT2D eigenvalue weighted by atomic mass is 31.2.